The third kappa shape index (κ3) is 4.96. The van der Waals surface area contributed by atoms with Crippen LogP contribution in [0.4, 0.5) is 0 Å². The lowest BCUT2D eigenvalue weighted by Crippen LogP contribution is -2.27. The number of allylic oxidation sites excluding steroid dienone is 3. The second-order valence-electron chi connectivity index (χ2n) is 5.68. The minimum absolute atomic E-state index is 0.132. The Morgan fingerprint density at radius 2 is 2.22 bits per heavy atom. The highest BCUT2D eigenvalue weighted by Gasteiger charge is 2.18. The van der Waals surface area contributed by atoms with Gasteiger partial charge in [-0.05, 0) is 50.3 Å². The molecule has 0 spiro atoms. The highest BCUT2D eigenvalue weighted by atomic mass is 35.5. The van der Waals surface area contributed by atoms with E-state index in [1.165, 1.54) is 0 Å². The normalized spacial score (nSPS) is 19.2. The van der Waals surface area contributed by atoms with Crippen molar-refractivity contribution in [2.24, 2.45) is 11.0 Å². The molecule has 0 saturated carbocycles. The summed E-state index contributed by atoms with van der Waals surface area (Å²) in [5.41, 5.74) is 5.65. The van der Waals surface area contributed by atoms with Crippen molar-refractivity contribution in [1.29, 1.82) is 0 Å². The first kappa shape index (κ1) is 17.3. The number of halogens is 1. The fraction of sp³-hybridized carbons (Fsp3) is 0.333. The summed E-state index contributed by atoms with van der Waals surface area (Å²) in [5.74, 6) is 0.546. The molecule has 122 valence electrons. The Hall–Kier alpha value is -2.07. The lowest BCUT2D eigenvalue weighted by atomic mass is 9.85. The highest BCUT2D eigenvalue weighted by Crippen LogP contribution is 2.26. The molecule has 0 aliphatic heterocycles. The third-order valence-electron chi connectivity index (χ3n) is 3.81. The molecule has 0 fully saturated rings. The molecule has 0 saturated heterocycles. The van der Waals surface area contributed by atoms with Crippen molar-refractivity contribution in [3.8, 4) is 5.75 Å². The van der Waals surface area contributed by atoms with Crippen molar-refractivity contribution in [3.05, 3.63) is 53.1 Å². The Labute approximate surface area is 141 Å². The van der Waals surface area contributed by atoms with E-state index in [2.05, 4.69) is 23.2 Å². The average Bonchev–Trinajstić information content (AvgIpc) is 2.53. The number of ether oxygens (including phenoxy) is 1. The van der Waals surface area contributed by atoms with Gasteiger partial charge in [-0.15, -0.1) is 0 Å². The molecule has 5 heteroatoms. The van der Waals surface area contributed by atoms with E-state index < -0.39 is 0 Å². The number of nitrogens with one attached hydrogen (secondary N) is 1. The Bertz CT molecular complexity index is 665. The molecule has 1 N–H and O–H groups in total. The topological polar surface area (TPSA) is 50.7 Å². The fourth-order valence-corrected chi connectivity index (χ4v) is 2.48. The first-order chi connectivity index (χ1) is 11.0. The highest BCUT2D eigenvalue weighted by molar-refractivity contribution is 6.32. The summed E-state index contributed by atoms with van der Waals surface area (Å²) >= 11 is 5.97. The molecule has 1 aromatic rings. The Morgan fingerprint density at radius 1 is 1.48 bits per heavy atom. The van der Waals surface area contributed by atoms with Gasteiger partial charge in [-0.1, -0.05) is 42.0 Å². The molecule has 0 aromatic heterocycles. The summed E-state index contributed by atoms with van der Waals surface area (Å²) in [6, 6.07) is 7.03. The number of carbonyl (C=O) groups excluding carboxylic acids is 1. The summed E-state index contributed by atoms with van der Waals surface area (Å²) in [6.45, 7) is 7.89. The predicted molar refractivity (Wildman–Crippen MR) is 93.8 cm³/mol. The van der Waals surface area contributed by atoms with Gasteiger partial charge in [0, 0.05) is 0 Å². The van der Waals surface area contributed by atoms with Gasteiger partial charge < -0.3 is 4.74 Å². The third-order valence-corrected chi connectivity index (χ3v) is 4.12. The number of hydrazone groups is 1. The van der Waals surface area contributed by atoms with Crippen molar-refractivity contribution in [3.63, 3.8) is 0 Å². The minimum atomic E-state index is -0.317. The second kappa shape index (κ2) is 7.97. The second-order valence-corrected chi connectivity index (χ2v) is 6.09. The molecule has 1 unspecified atom stereocenters. The molecule has 4 nitrogen and oxygen atoms in total. The molecule has 0 heterocycles. The molecule has 23 heavy (non-hydrogen) atoms. The number of hydrogen-bond donors (Lipinski definition) is 1. The molecule has 1 atom stereocenters. The van der Waals surface area contributed by atoms with E-state index in [0.29, 0.717) is 16.7 Å². The molecule has 2 rings (SSSR count). The van der Waals surface area contributed by atoms with E-state index in [-0.39, 0.29) is 12.5 Å². The summed E-state index contributed by atoms with van der Waals surface area (Å²) in [6.07, 6.45) is 3.90. The molecule has 0 radical (unpaired) electrons. The van der Waals surface area contributed by atoms with Crippen LogP contribution in [0.15, 0.2) is 53.2 Å². The van der Waals surface area contributed by atoms with Crippen LogP contribution in [0.3, 0.4) is 0 Å². The predicted octanol–water partition coefficient (Wildman–Crippen LogP) is 4.12. The fourth-order valence-electron chi connectivity index (χ4n) is 2.29. The average molecular weight is 333 g/mol. The van der Waals surface area contributed by atoms with E-state index in [9.17, 15) is 4.79 Å². The summed E-state index contributed by atoms with van der Waals surface area (Å²) in [7, 11) is 0. The van der Waals surface area contributed by atoms with Gasteiger partial charge in [0.05, 0.1) is 10.7 Å². The maximum atomic E-state index is 11.9. The summed E-state index contributed by atoms with van der Waals surface area (Å²) in [4.78, 5) is 11.9. The number of nitrogens with zero attached hydrogens (tertiary/aromatic N) is 1. The van der Waals surface area contributed by atoms with Crippen LogP contribution >= 0.6 is 11.6 Å². The van der Waals surface area contributed by atoms with Gasteiger partial charge in [0.2, 0.25) is 0 Å². The van der Waals surface area contributed by atoms with Gasteiger partial charge >= 0.3 is 0 Å². The van der Waals surface area contributed by atoms with Gasteiger partial charge in [-0.2, -0.15) is 5.10 Å². The van der Waals surface area contributed by atoms with Crippen LogP contribution in [0.1, 0.15) is 26.7 Å². The number of amides is 1. The van der Waals surface area contributed by atoms with E-state index in [1.807, 2.05) is 13.8 Å². The smallest absolute Gasteiger partial charge is 0.277 e. The maximum Gasteiger partial charge on any atom is 0.277 e. The molecule has 1 aliphatic rings. The molecular weight excluding hydrogens is 312 g/mol. The standard InChI is InChI=1S/C18H21ClN2O2/c1-12(2)14-9-8-13(3)16(10-14)20-21-18(22)11-23-17-7-5-4-6-15(17)19/h4-8,14H,1,9-11H2,2-3H3,(H,21,22). The van der Waals surface area contributed by atoms with Crippen molar-refractivity contribution in [2.45, 2.75) is 26.7 Å². The largest absolute Gasteiger partial charge is 0.482 e. The van der Waals surface area contributed by atoms with E-state index in [4.69, 9.17) is 16.3 Å². The van der Waals surface area contributed by atoms with E-state index >= 15 is 0 Å². The molecule has 0 bridgehead atoms. The number of carbonyl (C=O) groups is 1. The Morgan fingerprint density at radius 3 is 2.91 bits per heavy atom. The first-order valence-electron chi connectivity index (χ1n) is 7.52. The number of benzene rings is 1. The lowest BCUT2D eigenvalue weighted by Gasteiger charge is -2.22. The van der Waals surface area contributed by atoms with Crippen LogP contribution < -0.4 is 10.2 Å². The quantitative estimate of drug-likeness (QED) is 0.651. The van der Waals surface area contributed by atoms with Gasteiger partial charge in [0.15, 0.2) is 6.61 Å². The zero-order chi connectivity index (χ0) is 16.8. The molecule has 1 amide bonds. The van der Waals surface area contributed by atoms with Crippen molar-refractivity contribution < 1.29 is 9.53 Å². The van der Waals surface area contributed by atoms with Crippen molar-refractivity contribution in [1.82, 2.24) is 5.43 Å². The Balaban J connectivity index is 1.90. The monoisotopic (exact) mass is 332 g/mol. The zero-order valence-electron chi connectivity index (χ0n) is 13.4. The van der Waals surface area contributed by atoms with Crippen LogP contribution in [-0.4, -0.2) is 18.2 Å². The van der Waals surface area contributed by atoms with Crippen molar-refractivity contribution >= 4 is 23.2 Å². The number of rotatable bonds is 5. The van der Waals surface area contributed by atoms with Crippen LogP contribution in [0.25, 0.3) is 0 Å². The first-order valence-corrected chi connectivity index (χ1v) is 7.90. The van der Waals surface area contributed by atoms with Gasteiger partial charge in [-0.25, -0.2) is 5.43 Å². The summed E-state index contributed by atoms with van der Waals surface area (Å²) < 4.78 is 5.38. The minimum Gasteiger partial charge on any atom is -0.482 e. The van der Waals surface area contributed by atoms with Crippen LogP contribution in [0.5, 0.6) is 5.75 Å². The van der Waals surface area contributed by atoms with E-state index in [1.54, 1.807) is 24.3 Å². The Kier molecular flexibility index (Phi) is 5.99. The SMILES string of the molecule is C=C(C)C1CC=C(C)C(=NNC(=O)COc2ccccc2Cl)C1. The summed E-state index contributed by atoms with van der Waals surface area (Å²) in [5, 5.41) is 4.70. The zero-order valence-corrected chi connectivity index (χ0v) is 14.2. The molecule has 1 aromatic carbocycles. The lowest BCUT2D eigenvalue weighted by molar-refractivity contribution is -0.123. The van der Waals surface area contributed by atoms with Gasteiger partial charge in [-0.3, -0.25) is 4.79 Å². The maximum absolute atomic E-state index is 11.9. The van der Waals surface area contributed by atoms with Crippen molar-refractivity contribution in [2.75, 3.05) is 6.61 Å². The molecule has 1 aliphatic carbocycles. The number of para-hydroxylation sites is 1. The van der Waals surface area contributed by atoms with E-state index in [0.717, 1.165) is 29.7 Å². The van der Waals surface area contributed by atoms with Crippen LogP contribution in [-0.2, 0) is 4.79 Å². The van der Waals surface area contributed by atoms with Gasteiger partial charge in [0.1, 0.15) is 5.75 Å². The van der Waals surface area contributed by atoms with Crippen LogP contribution in [0, 0.1) is 5.92 Å². The molecular formula is C18H21ClN2O2. The number of hydrogen-bond acceptors (Lipinski definition) is 3. The van der Waals surface area contributed by atoms with Gasteiger partial charge in [0.25, 0.3) is 5.91 Å². The van der Waals surface area contributed by atoms with Crippen LogP contribution in [0.2, 0.25) is 5.02 Å².